The third kappa shape index (κ3) is 4.36. The summed E-state index contributed by atoms with van der Waals surface area (Å²) in [6.45, 7) is 0.0593. The Kier molecular flexibility index (Phi) is 5.39. The Morgan fingerprint density at radius 2 is 1.86 bits per heavy atom. The molecule has 1 aromatic carbocycles. The zero-order valence-electron chi connectivity index (χ0n) is 15.0. The second-order valence-electron chi connectivity index (χ2n) is 5.94. The van der Waals surface area contributed by atoms with Crippen LogP contribution in [0.3, 0.4) is 0 Å². The summed E-state index contributed by atoms with van der Waals surface area (Å²) in [5.41, 5.74) is 2.07. The summed E-state index contributed by atoms with van der Waals surface area (Å²) in [5, 5.41) is 13.0. The largest absolute Gasteiger partial charge is 0.343 e. The number of rotatable bonds is 6. The van der Waals surface area contributed by atoms with E-state index in [0.717, 1.165) is 5.56 Å². The van der Waals surface area contributed by atoms with Crippen molar-refractivity contribution in [1.82, 2.24) is 20.4 Å². The number of carbonyl (C=O) groups excluding carboxylic acids is 2. The monoisotopic (exact) mass is 405 g/mol. The summed E-state index contributed by atoms with van der Waals surface area (Å²) in [6, 6.07) is 12.0. The minimum atomic E-state index is -0.366. The Hall–Kier alpha value is -3.85. The van der Waals surface area contributed by atoms with Gasteiger partial charge in [0.15, 0.2) is 0 Å². The van der Waals surface area contributed by atoms with Gasteiger partial charge in [-0.15, -0.1) is 0 Å². The third-order valence-corrected chi connectivity index (χ3v) is 4.69. The number of anilines is 1. The summed E-state index contributed by atoms with van der Waals surface area (Å²) in [7, 11) is 0. The molecule has 0 radical (unpaired) electrons. The van der Waals surface area contributed by atoms with Crippen LogP contribution < -0.4 is 10.6 Å². The summed E-state index contributed by atoms with van der Waals surface area (Å²) in [5.74, 6) is 0.0466. The van der Waals surface area contributed by atoms with Gasteiger partial charge >= 0.3 is 0 Å². The maximum atomic E-state index is 12.6. The number of carbonyl (C=O) groups is 2. The van der Waals surface area contributed by atoms with Crippen molar-refractivity contribution >= 4 is 28.8 Å². The van der Waals surface area contributed by atoms with Crippen LogP contribution in [0, 0.1) is 0 Å². The fourth-order valence-electron chi connectivity index (χ4n) is 2.57. The molecule has 0 bridgehead atoms. The van der Waals surface area contributed by atoms with Crippen molar-refractivity contribution in [3.05, 3.63) is 82.6 Å². The summed E-state index contributed by atoms with van der Waals surface area (Å²) in [6.07, 6.45) is 3.27. The molecular formula is C20H15N5O3S. The first-order valence-corrected chi connectivity index (χ1v) is 9.59. The number of hydrogen-bond donors (Lipinski definition) is 2. The summed E-state index contributed by atoms with van der Waals surface area (Å²) in [4.78, 5) is 33.1. The SMILES string of the molecule is O=C(Nc1ccccc1C(=O)NCc1nc(-c2ccncc2)no1)c1ccsc1. The molecule has 2 amide bonds. The summed E-state index contributed by atoms with van der Waals surface area (Å²) < 4.78 is 5.18. The molecule has 0 saturated carbocycles. The second kappa shape index (κ2) is 8.44. The smallest absolute Gasteiger partial charge is 0.256 e. The van der Waals surface area contributed by atoms with Gasteiger partial charge in [-0.2, -0.15) is 16.3 Å². The lowest BCUT2D eigenvalue weighted by atomic mass is 10.1. The van der Waals surface area contributed by atoms with Gasteiger partial charge in [-0.25, -0.2) is 0 Å². The van der Waals surface area contributed by atoms with E-state index in [1.54, 1.807) is 60.2 Å². The topological polar surface area (TPSA) is 110 Å². The molecule has 29 heavy (non-hydrogen) atoms. The standard InChI is InChI=1S/C20H15N5O3S/c26-19(14-7-10-29-12-14)23-16-4-2-1-3-15(16)20(27)22-11-17-24-18(25-28-17)13-5-8-21-9-6-13/h1-10,12H,11H2,(H,22,27)(H,23,26). The molecule has 3 aromatic heterocycles. The predicted molar refractivity (Wildman–Crippen MR) is 107 cm³/mol. The molecule has 0 aliphatic heterocycles. The molecule has 8 nitrogen and oxygen atoms in total. The van der Waals surface area contributed by atoms with E-state index in [1.807, 2.05) is 5.38 Å². The number of para-hydroxylation sites is 1. The Labute approximate surface area is 169 Å². The maximum Gasteiger partial charge on any atom is 0.256 e. The molecule has 0 saturated heterocycles. The Bertz CT molecular complexity index is 1130. The number of pyridine rings is 1. The molecule has 4 aromatic rings. The van der Waals surface area contributed by atoms with E-state index in [9.17, 15) is 9.59 Å². The van der Waals surface area contributed by atoms with Crippen molar-refractivity contribution in [3.8, 4) is 11.4 Å². The second-order valence-corrected chi connectivity index (χ2v) is 6.72. The van der Waals surface area contributed by atoms with E-state index in [4.69, 9.17) is 4.52 Å². The highest BCUT2D eigenvalue weighted by Gasteiger charge is 2.15. The lowest BCUT2D eigenvalue weighted by Gasteiger charge is -2.10. The molecule has 0 unspecified atom stereocenters. The van der Waals surface area contributed by atoms with Gasteiger partial charge in [0.25, 0.3) is 11.8 Å². The quantitative estimate of drug-likeness (QED) is 0.509. The fraction of sp³-hybridized carbons (Fsp3) is 0.0500. The molecule has 2 N–H and O–H groups in total. The van der Waals surface area contributed by atoms with Gasteiger partial charge < -0.3 is 15.2 Å². The van der Waals surface area contributed by atoms with Crippen LogP contribution in [0.2, 0.25) is 0 Å². The van der Waals surface area contributed by atoms with Crippen molar-refractivity contribution in [1.29, 1.82) is 0 Å². The molecule has 0 spiro atoms. The van der Waals surface area contributed by atoms with Gasteiger partial charge in [0.1, 0.15) is 0 Å². The molecule has 0 aliphatic carbocycles. The molecule has 0 atom stereocenters. The average molecular weight is 405 g/mol. The van der Waals surface area contributed by atoms with Gasteiger partial charge in [0.2, 0.25) is 11.7 Å². The van der Waals surface area contributed by atoms with Crippen LogP contribution in [0.25, 0.3) is 11.4 Å². The van der Waals surface area contributed by atoms with Crippen molar-refractivity contribution in [2.24, 2.45) is 0 Å². The van der Waals surface area contributed by atoms with Gasteiger partial charge in [0.05, 0.1) is 23.4 Å². The average Bonchev–Trinajstić information content (AvgIpc) is 3.45. The fourth-order valence-corrected chi connectivity index (χ4v) is 3.21. The zero-order chi connectivity index (χ0) is 20.1. The van der Waals surface area contributed by atoms with E-state index < -0.39 is 0 Å². The van der Waals surface area contributed by atoms with Gasteiger partial charge in [-0.1, -0.05) is 17.3 Å². The van der Waals surface area contributed by atoms with Gasteiger partial charge in [-0.05, 0) is 35.7 Å². The number of nitrogens with one attached hydrogen (secondary N) is 2. The van der Waals surface area contributed by atoms with Crippen molar-refractivity contribution in [2.45, 2.75) is 6.54 Å². The molecule has 0 fully saturated rings. The first-order chi connectivity index (χ1) is 14.2. The normalized spacial score (nSPS) is 10.5. The number of benzene rings is 1. The van der Waals surface area contributed by atoms with Crippen molar-refractivity contribution < 1.29 is 14.1 Å². The number of amides is 2. The maximum absolute atomic E-state index is 12.6. The van der Waals surface area contributed by atoms with Crippen molar-refractivity contribution in [3.63, 3.8) is 0 Å². The van der Waals surface area contributed by atoms with Gasteiger partial charge in [-0.3, -0.25) is 14.6 Å². The highest BCUT2D eigenvalue weighted by Crippen LogP contribution is 2.18. The van der Waals surface area contributed by atoms with Crippen LogP contribution in [-0.2, 0) is 6.54 Å². The molecule has 144 valence electrons. The van der Waals surface area contributed by atoms with Crippen molar-refractivity contribution in [2.75, 3.05) is 5.32 Å². The Morgan fingerprint density at radius 3 is 2.66 bits per heavy atom. The van der Waals surface area contributed by atoms with E-state index in [1.165, 1.54) is 11.3 Å². The van der Waals surface area contributed by atoms with Gasteiger partial charge in [0, 0.05) is 23.3 Å². The van der Waals surface area contributed by atoms with E-state index >= 15 is 0 Å². The minimum absolute atomic E-state index is 0.0593. The minimum Gasteiger partial charge on any atom is -0.343 e. The third-order valence-electron chi connectivity index (χ3n) is 4.01. The van der Waals surface area contributed by atoms with Crippen LogP contribution in [0.15, 0.2) is 70.1 Å². The van der Waals surface area contributed by atoms with Crippen LogP contribution >= 0.6 is 11.3 Å². The first kappa shape index (κ1) is 18.5. The Balaban J connectivity index is 1.43. The molecule has 3 heterocycles. The first-order valence-electron chi connectivity index (χ1n) is 8.64. The molecule has 9 heteroatoms. The van der Waals surface area contributed by atoms with E-state index in [-0.39, 0.29) is 24.2 Å². The molecule has 4 rings (SSSR count). The van der Waals surface area contributed by atoms with Crippen LogP contribution in [0.1, 0.15) is 26.6 Å². The number of nitrogens with zero attached hydrogens (tertiary/aromatic N) is 3. The lowest BCUT2D eigenvalue weighted by molar-refractivity contribution is 0.0947. The predicted octanol–water partition coefficient (Wildman–Crippen LogP) is 3.38. The number of thiophene rings is 1. The molecule has 0 aliphatic rings. The highest BCUT2D eigenvalue weighted by atomic mass is 32.1. The number of aromatic nitrogens is 3. The van der Waals surface area contributed by atoms with E-state index in [0.29, 0.717) is 22.6 Å². The van der Waals surface area contributed by atoms with E-state index in [2.05, 4.69) is 25.8 Å². The summed E-state index contributed by atoms with van der Waals surface area (Å²) >= 11 is 1.43. The van der Waals surface area contributed by atoms with Crippen LogP contribution in [0.4, 0.5) is 5.69 Å². The van der Waals surface area contributed by atoms with Crippen LogP contribution in [0.5, 0.6) is 0 Å². The highest BCUT2D eigenvalue weighted by molar-refractivity contribution is 7.08. The number of hydrogen-bond acceptors (Lipinski definition) is 7. The lowest BCUT2D eigenvalue weighted by Crippen LogP contribution is -2.25. The van der Waals surface area contributed by atoms with Crippen LogP contribution in [-0.4, -0.2) is 26.9 Å². The zero-order valence-corrected chi connectivity index (χ0v) is 15.8. The Morgan fingerprint density at radius 1 is 1.03 bits per heavy atom. The molecular weight excluding hydrogens is 390 g/mol.